The first-order chi connectivity index (χ1) is 14.2. The van der Waals surface area contributed by atoms with E-state index in [9.17, 15) is 4.79 Å². The Balaban J connectivity index is 0.00000256. The third-order valence-electron chi connectivity index (χ3n) is 5.44. The van der Waals surface area contributed by atoms with E-state index in [1.165, 1.54) is 18.4 Å². The van der Waals surface area contributed by atoms with E-state index in [2.05, 4.69) is 37.3 Å². The highest BCUT2D eigenvalue weighted by Crippen LogP contribution is 2.31. The van der Waals surface area contributed by atoms with Crippen LogP contribution in [0, 0.1) is 0 Å². The van der Waals surface area contributed by atoms with Gasteiger partial charge in [0, 0.05) is 63.1 Å². The smallest absolute Gasteiger partial charge is 0.225 e. The van der Waals surface area contributed by atoms with Gasteiger partial charge in [-0.25, -0.2) is 4.98 Å². The minimum atomic E-state index is 0. The van der Waals surface area contributed by atoms with Gasteiger partial charge in [-0.05, 0) is 24.5 Å². The fraction of sp³-hybridized carbons (Fsp3) is 0.476. The zero-order valence-electron chi connectivity index (χ0n) is 17.2. The van der Waals surface area contributed by atoms with Crippen molar-refractivity contribution < 1.29 is 4.79 Å². The Labute approximate surface area is 198 Å². The molecule has 1 fully saturated rings. The van der Waals surface area contributed by atoms with Crippen LogP contribution >= 0.6 is 35.3 Å². The van der Waals surface area contributed by atoms with E-state index >= 15 is 0 Å². The Bertz CT molecular complexity index is 880. The first kappa shape index (κ1) is 22.8. The summed E-state index contributed by atoms with van der Waals surface area (Å²) in [7, 11) is 1.77. The van der Waals surface area contributed by atoms with Crippen LogP contribution in [0.5, 0.6) is 0 Å². The van der Waals surface area contributed by atoms with Crippen molar-refractivity contribution in [1.29, 1.82) is 0 Å². The van der Waals surface area contributed by atoms with Gasteiger partial charge in [-0.2, -0.15) is 0 Å². The normalized spacial score (nSPS) is 18.4. The van der Waals surface area contributed by atoms with Crippen molar-refractivity contribution in [3.63, 3.8) is 0 Å². The molecule has 2 aromatic rings. The van der Waals surface area contributed by atoms with Crippen LogP contribution in [0.25, 0.3) is 0 Å². The maximum Gasteiger partial charge on any atom is 0.225 e. The third-order valence-corrected chi connectivity index (χ3v) is 6.39. The van der Waals surface area contributed by atoms with Gasteiger partial charge in [0.2, 0.25) is 5.91 Å². The highest BCUT2D eigenvalue weighted by molar-refractivity contribution is 14.0. The molecular formula is C21H29IN6OS. The second-order valence-electron chi connectivity index (χ2n) is 7.48. The molecule has 30 heavy (non-hydrogen) atoms. The van der Waals surface area contributed by atoms with Crippen LogP contribution in [0.2, 0.25) is 0 Å². The molecule has 1 amide bonds. The quantitative estimate of drug-likeness (QED) is 0.298. The Morgan fingerprint density at radius 2 is 2.10 bits per heavy atom. The van der Waals surface area contributed by atoms with Crippen molar-refractivity contribution in [1.82, 2.24) is 15.6 Å². The van der Waals surface area contributed by atoms with Gasteiger partial charge < -0.3 is 20.9 Å². The summed E-state index contributed by atoms with van der Waals surface area (Å²) >= 11 is 1.74. The number of carbonyl (C=O) groups is 1. The van der Waals surface area contributed by atoms with Crippen LogP contribution in [0.15, 0.2) is 34.6 Å². The summed E-state index contributed by atoms with van der Waals surface area (Å²) in [4.78, 5) is 23.4. The van der Waals surface area contributed by atoms with Gasteiger partial charge in [-0.15, -0.1) is 35.3 Å². The molecule has 1 aromatic heterocycles. The molecule has 2 aliphatic heterocycles. The molecule has 1 unspecified atom stereocenters. The summed E-state index contributed by atoms with van der Waals surface area (Å²) in [5.74, 6) is 0.958. The minimum absolute atomic E-state index is 0. The van der Waals surface area contributed by atoms with Crippen LogP contribution in [0.1, 0.15) is 36.4 Å². The molecule has 0 spiro atoms. The number of para-hydroxylation sites is 1. The van der Waals surface area contributed by atoms with Crippen LogP contribution in [-0.4, -0.2) is 50.1 Å². The topological polar surface area (TPSA) is 81.7 Å². The predicted molar refractivity (Wildman–Crippen MR) is 134 cm³/mol. The molecule has 0 saturated carbocycles. The van der Waals surface area contributed by atoms with E-state index in [4.69, 9.17) is 4.98 Å². The maximum absolute atomic E-state index is 12.0. The van der Waals surface area contributed by atoms with E-state index in [0.717, 1.165) is 48.5 Å². The van der Waals surface area contributed by atoms with Crippen molar-refractivity contribution in [2.45, 2.75) is 31.6 Å². The van der Waals surface area contributed by atoms with Crippen molar-refractivity contribution in [2.24, 2.45) is 4.99 Å². The molecule has 7 nitrogen and oxygen atoms in total. The molecular weight excluding hydrogens is 511 g/mol. The van der Waals surface area contributed by atoms with Gasteiger partial charge in [-0.3, -0.25) is 9.79 Å². The molecule has 0 radical (unpaired) electrons. The lowest BCUT2D eigenvalue weighted by atomic mass is 9.90. The van der Waals surface area contributed by atoms with Gasteiger partial charge in [0.15, 0.2) is 11.1 Å². The van der Waals surface area contributed by atoms with E-state index in [-0.39, 0.29) is 35.8 Å². The Kier molecular flexibility index (Phi) is 8.32. The van der Waals surface area contributed by atoms with Crippen molar-refractivity contribution in [3.8, 4) is 0 Å². The van der Waals surface area contributed by atoms with E-state index in [1.54, 1.807) is 18.4 Å². The number of guanidine groups is 1. The SMILES string of the molecule is CN=C(NCCc1csc(N2CCCC2)n1)NCC1CC(=O)Nc2ccccc21.I. The second kappa shape index (κ2) is 10.9. The molecule has 0 aliphatic carbocycles. The minimum Gasteiger partial charge on any atom is -0.356 e. The van der Waals surface area contributed by atoms with Crippen LogP contribution in [0.4, 0.5) is 10.8 Å². The molecule has 162 valence electrons. The summed E-state index contributed by atoms with van der Waals surface area (Å²) in [5, 5.41) is 13.0. The standard InChI is InChI=1S/C21H28N6OS.HI/c1-22-20(23-9-8-16-14-29-21(25-16)27-10-4-5-11-27)24-13-15-12-19(28)26-18-7-3-2-6-17(15)18;/h2-3,6-7,14-15H,4-5,8-13H2,1H3,(H,26,28)(H2,22,23,24);1H. The van der Waals surface area contributed by atoms with Crippen molar-refractivity contribution in [3.05, 3.63) is 40.9 Å². The van der Waals surface area contributed by atoms with Crippen molar-refractivity contribution >= 4 is 58.0 Å². The summed E-state index contributed by atoms with van der Waals surface area (Å²) in [6.07, 6.45) is 3.88. The number of hydrogen-bond donors (Lipinski definition) is 3. The lowest BCUT2D eigenvalue weighted by Gasteiger charge is -2.26. The average molecular weight is 540 g/mol. The lowest BCUT2D eigenvalue weighted by molar-refractivity contribution is -0.116. The number of amides is 1. The number of fused-ring (bicyclic) bond motifs is 1. The number of anilines is 2. The zero-order valence-corrected chi connectivity index (χ0v) is 20.3. The number of benzene rings is 1. The number of hydrogen-bond acceptors (Lipinski definition) is 5. The summed E-state index contributed by atoms with van der Waals surface area (Å²) in [6, 6.07) is 8.00. The number of nitrogens with zero attached hydrogens (tertiary/aromatic N) is 3. The molecule has 4 rings (SSSR count). The van der Waals surface area contributed by atoms with E-state index in [1.807, 2.05) is 18.2 Å². The number of aromatic nitrogens is 1. The molecule has 1 atom stereocenters. The molecule has 3 heterocycles. The number of rotatable bonds is 6. The average Bonchev–Trinajstić information content (AvgIpc) is 3.42. The first-order valence-electron chi connectivity index (χ1n) is 10.3. The number of halogens is 1. The van der Waals surface area contributed by atoms with Gasteiger partial charge >= 0.3 is 0 Å². The summed E-state index contributed by atoms with van der Waals surface area (Å²) in [6.45, 7) is 3.69. The lowest BCUT2D eigenvalue weighted by Crippen LogP contribution is -2.41. The number of aliphatic imine (C=N–C) groups is 1. The van der Waals surface area contributed by atoms with Gasteiger partial charge in [-0.1, -0.05) is 18.2 Å². The predicted octanol–water partition coefficient (Wildman–Crippen LogP) is 3.19. The van der Waals surface area contributed by atoms with Crippen LogP contribution in [0.3, 0.4) is 0 Å². The third kappa shape index (κ3) is 5.63. The molecule has 0 bridgehead atoms. The van der Waals surface area contributed by atoms with Crippen LogP contribution in [-0.2, 0) is 11.2 Å². The van der Waals surface area contributed by atoms with Crippen molar-refractivity contribution in [2.75, 3.05) is 43.4 Å². The van der Waals surface area contributed by atoms with Gasteiger partial charge in [0.1, 0.15) is 0 Å². The Morgan fingerprint density at radius 3 is 2.90 bits per heavy atom. The summed E-state index contributed by atoms with van der Waals surface area (Å²) < 4.78 is 0. The Morgan fingerprint density at radius 1 is 1.30 bits per heavy atom. The zero-order chi connectivity index (χ0) is 20.1. The van der Waals surface area contributed by atoms with E-state index < -0.39 is 0 Å². The fourth-order valence-corrected chi connectivity index (χ4v) is 4.81. The highest BCUT2D eigenvalue weighted by atomic mass is 127. The molecule has 3 N–H and O–H groups in total. The highest BCUT2D eigenvalue weighted by Gasteiger charge is 2.24. The number of nitrogens with one attached hydrogen (secondary N) is 3. The fourth-order valence-electron chi connectivity index (χ4n) is 3.90. The van der Waals surface area contributed by atoms with E-state index in [0.29, 0.717) is 13.0 Å². The summed E-state index contributed by atoms with van der Waals surface area (Å²) in [5.41, 5.74) is 3.21. The molecule has 9 heteroatoms. The maximum atomic E-state index is 12.0. The molecule has 2 aliphatic rings. The monoisotopic (exact) mass is 540 g/mol. The van der Waals surface area contributed by atoms with Gasteiger partial charge in [0.05, 0.1) is 5.69 Å². The van der Waals surface area contributed by atoms with Crippen LogP contribution < -0.4 is 20.9 Å². The number of thiazole rings is 1. The Hall–Kier alpha value is -1.88. The van der Waals surface area contributed by atoms with Gasteiger partial charge in [0.25, 0.3) is 0 Å². The molecule has 1 aromatic carbocycles. The largest absolute Gasteiger partial charge is 0.356 e. The first-order valence-corrected chi connectivity index (χ1v) is 11.1. The second-order valence-corrected chi connectivity index (χ2v) is 8.32. The number of carbonyl (C=O) groups excluding carboxylic acids is 1. The molecule has 1 saturated heterocycles.